The zero-order chi connectivity index (χ0) is 19.3. The summed E-state index contributed by atoms with van der Waals surface area (Å²) in [6, 6.07) is 9.74. The van der Waals surface area contributed by atoms with Gasteiger partial charge in [0.1, 0.15) is 5.75 Å². The molecular formula is C17H13Cl2F2NO4. The predicted octanol–water partition coefficient (Wildman–Crippen LogP) is 4.78. The van der Waals surface area contributed by atoms with Crippen molar-refractivity contribution in [1.29, 1.82) is 0 Å². The smallest absolute Gasteiger partial charge is 0.387 e. The fourth-order valence-electron chi connectivity index (χ4n) is 1.88. The Labute approximate surface area is 157 Å². The third kappa shape index (κ3) is 5.57. The molecule has 9 heteroatoms. The average molecular weight is 404 g/mol. The predicted molar refractivity (Wildman–Crippen MR) is 93.0 cm³/mol. The molecule has 0 spiro atoms. The number of hydrogen-bond acceptors (Lipinski definition) is 4. The van der Waals surface area contributed by atoms with E-state index >= 15 is 0 Å². The Balaban J connectivity index is 1.97. The topological polar surface area (TPSA) is 64.6 Å². The first-order valence-corrected chi connectivity index (χ1v) is 8.03. The number of halogens is 4. The van der Waals surface area contributed by atoms with Gasteiger partial charge in [-0.25, -0.2) is 4.79 Å². The number of benzene rings is 2. The van der Waals surface area contributed by atoms with Gasteiger partial charge in [-0.3, -0.25) is 4.79 Å². The zero-order valence-corrected chi connectivity index (χ0v) is 14.9. The van der Waals surface area contributed by atoms with E-state index in [-0.39, 0.29) is 22.0 Å². The van der Waals surface area contributed by atoms with Crippen molar-refractivity contribution in [3.05, 3.63) is 58.1 Å². The summed E-state index contributed by atoms with van der Waals surface area (Å²) in [5, 5.41) is 2.82. The quantitative estimate of drug-likeness (QED) is 0.704. The molecule has 26 heavy (non-hydrogen) atoms. The summed E-state index contributed by atoms with van der Waals surface area (Å²) in [5.74, 6) is -1.53. The van der Waals surface area contributed by atoms with Gasteiger partial charge >= 0.3 is 12.6 Å². The van der Waals surface area contributed by atoms with E-state index in [2.05, 4.69) is 10.1 Å². The van der Waals surface area contributed by atoms with Crippen LogP contribution in [0.25, 0.3) is 0 Å². The molecule has 0 saturated carbocycles. The molecule has 0 radical (unpaired) electrons. The first kappa shape index (κ1) is 19.9. The van der Waals surface area contributed by atoms with E-state index in [0.717, 1.165) is 0 Å². The second kappa shape index (κ2) is 8.82. The normalized spacial score (nSPS) is 11.8. The number of alkyl halides is 2. The van der Waals surface area contributed by atoms with E-state index in [1.54, 1.807) is 0 Å². The minimum atomic E-state index is -3.01. The minimum absolute atomic E-state index is 0.103. The van der Waals surface area contributed by atoms with E-state index in [4.69, 9.17) is 27.9 Å². The fourth-order valence-corrected chi connectivity index (χ4v) is 2.23. The number of carbonyl (C=O) groups excluding carboxylic acids is 2. The van der Waals surface area contributed by atoms with Crippen LogP contribution in [-0.4, -0.2) is 24.6 Å². The van der Waals surface area contributed by atoms with E-state index in [0.29, 0.717) is 5.02 Å². The molecule has 1 amide bonds. The van der Waals surface area contributed by atoms with Gasteiger partial charge in [0.05, 0.1) is 10.6 Å². The van der Waals surface area contributed by atoms with Gasteiger partial charge in [0, 0.05) is 10.7 Å². The Morgan fingerprint density at radius 2 is 1.73 bits per heavy atom. The molecule has 2 aromatic carbocycles. The highest BCUT2D eigenvalue weighted by molar-refractivity contribution is 6.32. The summed E-state index contributed by atoms with van der Waals surface area (Å²) in [6.07, 6.45) is -1.10. The molecule has 0 fully saturated rings. The van der Waals surface area contributed by atoms with E-state index in [1.165, 1.54) is 49.4 Å². The monoisotopic (exact) mass is 403 g/mol. The van der Waals surface area contributed by atoms with Crippen molar-refractivity contribution in [2.75, 3.05) is 5.32 Å². The highest BCUT2D eigenvalue weighted by Crippen LogP contribution is 2.29. The van der Waals surface area contributed by atoms with E-state index in [1.807, 2.05) is 0 Å². The lowest BCUT2D eigenvalue weighted by Gasteiger charge is -2.14. The van der Waals surface area contributed by atoms with Crippen molar-refractivity contribution in [1.82, 2.24) is 0 Å². The van der Waals surface area contributed by atoms with Gasteiger partial charge in [0.2, 0.25) is 0 Å². The maximum atomic E-state index is 12.2. The molecule has 0 aliphatic heterocycles. The van der Waals surface area contributed by atoms with Crippen molar-refractivity contribution in [3.63, 3.8) is 0 Å². The summed E-state index contributed by atoms with van der Waals surface area (Å²) < 4.78 is 33.7. The first-order valence-electron chi connectivity index (χ1n) is 7.28. The van der Waals surface area contributed by atoms with Gasteiger partial charge in [0.25, 0.3) is 5.91 Å². The summed E-state index contributed by atoms with van der Waals surface area (Å²) in [5.41, 5.74) is 0.474. The van der Waals surface area contributed by atoms with Crippen LogP contribution in [0.1, 0.15) is 17.3 Å². The lowest BCUT2D eigenvalue weighted by Crippen LogP contribution is -2.30. The molecule has 1 unspecified atom stereocenters. The van der Waals surface area contributed by atoms with Gasteiger partial charge in [0.15, 0.2) is 6.10 Å². The van der Waals surface area contributed by atoms with Crippen molar-refractivity contribution in [2.24, 2.45) is 0 Å². The van der Waals surface area contributed by atoms with Crippen molar-refractivity contribution < 1.29 is 27.8 Å². The molecule has 1 N–H and O–H groups in total. The molecule has 0 saturated heterocycles. The summed E-state index contributed by atoms with van der Waals surface area (Å²) in [4.78, 5) is 24.1. The van der Waals surface area contributed by atoms with E-state index in [9.17, 15) is 18.4 Å². The molecule has 0 aliphatic rings. The molecular weight excluding hydrogens is 391 g/mol. The number of ether oxygens (including phenoxy) is 2. The van der Waals surface area contributed by atoms with Crippen LogP contribution < -0.4 is 10.1 Å². The molecule has 138 valence electrons. The summed E-state index contributed by atoms with van der Waals surface area (Å²) >= 11 is 11.5. The first-order chi connectivity index (χ1) is 12.3. The van der Waals surface area contributed by atoms with Gasteiger partial charge in [-0.15, -0.1) is 0 Å². The Kier molecular flexibility index (Phi) is 6.76. The maximum absolute atomic E-state index is 12.2. The second-order valence-electron chi connectivity index (χ2n) is 5.07. The van der Waals surface area contributed by atoms with Gasteiger partial charge in [-0.2, -0.15) is 8.78 Å². The minimum Gasteiger partial charge on any atom is -0.449 e. The Morgan fingerprint density at radius 1 is 1.08 bits per heavy atom. The van der Waals surface area contributed by atoms with Crippen LogP contribution in [0.5, 0.6) is 5.75 Å². The Bertz CT molecular complexity index is 800. The Hall–Kier alpha value is -2.38. The van der Waals surface area contributed by atoms with Crippen LogP contribution in [0.2, 0.25) is 10.0 Å². The molecule has 0 heterocycles. The average Bonchev–Trinajstić information content (AvgIpc) is 2.57. The molecule has 2 rings (SSSR count). The number of anilines is 1. The van der Waals surface area contributed by atoms with Crippen molar-refractivity contribution >= 4 is 40.8 Å². The van der Waals surface area contributed by atoms with Crippen LogP contribution >= 0.6 is 23.2 Å². The van der Waals surface area contributed by atoms with Crippen molar-refractivity contribution in [2.45, 2.75) is 19.6 Å². The molecule has 5 nitrogen and oxygen atoms in total. The number of rotatable bonds is 6. The fraction of sp³-hybridized carbons (Fsp3) is 0.176. The summed E-state index contributed by atoms with van der Waals surface area (Å²) in [6.45, 7) is -1.63. The van der Waals surface area contributed by atoms with Gasteiger partial charge in [-0.05, 0) is 49.4 Å². The van der Waals surface area contributed by atoms with Crippen LogP contribution in [-0.2, 0) is 9.53 Å². The lowest BCUT2D eigenvalue weighted by molar-refractivity contribution is -0.123. The van der Waals surface area contributed by atoms with Crippen molar-refractivity contribution in [3.8, 4) is 5.75 Å². The number of amides is 1. The lowest BCUT2D eigenvalue weighted by atomic mass is 10.2. The van der Waals surface area contributed by atoms with Gasteiger partial charge in [-0.1, -0.05) is 23.2 Å². The van der Waals surface area contributed by atoms with Crippen LogP contribution in [0.4, 0.5) is 14.5 Å². The SMILES string of the molecule is CC(OC(=O)c1ccc(Cl)cc1)C(=O)Nc1ccc(OC(F)F)c(Cl)c1. The number of esters is 1. The van der Waals surface area contributed by atoms with Gasteiger partial charge < -0.3 is 14.8 Å². The molecule has 2 aromatic rings. The standard InChI is InChI=1S/C17H13Cl2F2NO4/c1-9(25-16(24)10-2-4-11(18)5-3-10)15(23)22-12-6-7-14(13(19)8-12)26-17(20)21/h2-9,17H,1H3,(H,22,23). The molecule has 0 aromatic heterocycles. The zero-order valence-electron chi connectivity index (χ0n) is 13.3. The number of carbonyl (C=O) groups is 2. The highest BCUT2D eigenvalue weighted by atomic mass is 35.5. The molecule has 1 atom stereocenters. The molecule has 0 aliphatic carbocycles. The second-order valence-corrected chi connectivity index (χ2v) is 5.91. The third-order valence-corrected chi connectivity index (χ3v) is 3.70. The highest BCUT2D eigenvalue weighted by Gasteiger charge is 2.19. The van der Waals surface area contributed by atoms with E-state index < -0.39 is 24.6 Å². The summed E-state index contributed by atoms with van der Waals surface area (Å²) in [7, 11) is 0. The van der Waals surface area contributed by atoms with Crippen LogP contribution in [0.15, 0.2) is 42.5 Å². The maximum Gasteiger partial charge on any atom is 0.387 e. The van der Waals surface area contributed by atoms with Crippen LogP contribution in [0, 0.1) is 0 Å². The largest absolute Gasteiger partial charge is 0.449 e. The number of hydrogen-bond donors (Lipinski definition) is 1. The number of nitrogens with one attached hydrogen (secondary N) is 1. The van der Waals surface area contributed by atoms with Crippen LogP contribution in [0.3, 0.4) is 0 Å². The third-order valence-electron chi connectivity index (χ3n) is 3.15. The Morgan fingerprint density at radius 3 is 2.31 bits per heavy atom. The molecule has 0 bridgehead atoms.